The van der Waals surface area contributed by atoms with Gasteiger partial charge >= 0.3 is 0 Å². The molecule has 0 amide bonds. The molecule has 2 atom stereocenters. The van der Waals surface area contributed by atoms with Crippen molar-refractivity contribution < 1.29 is 17.6 Å². The summed E-state index contributed by atoms with van der Waals surface area (Å²) >= 11 is 5.81. The zero-order chi connectivity index (χ0) is 22.2. The van der Waals surface area contributed by atoms with Crippen LogP contribution < -0.4 is 4.72 Å². The van der Waals surface area contributed by atoms with Gasteiger partial charge in [0.15, 0.2) is 5.78 Å². The summed E-state index contributed by atoms with van der Waals surface area (Å²) in [5.41, 5.74) is 2.10. The first-order chi connectivity index (χ1) is 14.7. The van der Waals surface area contributed by atoms with Gasteiger partial charge in [-0.15, -0.1) is 0 Å². The number of ketones is 1. The number of halogens is 2. The maximum Gasteiger partial charge on any atom is 0.280 e. The smallest absolute Gasteiger partial charge is 0.280 e. The Kier molecular flexibility index (Phi) is 5.94. The van der Waals surface area contributed by atoms with Crippen molar-refractivity contribution in [3.8, 4) is 5.69 Å². The molecule has 0 saturated carbocycles. The molecule has 7 nitrogen and oxygen atoms in total. The van der Waals surface area contributed by atoms with Crippen LogP contribution >= 0.6 is 11.6 Å². The van der Waals surface area contributed by atoms with E-state index in [2.05, 4.69) is 9.71 Å². The highest BCUT2D eigenvalue weighted by molar-refractivity contribution is 7.87. The molecule has 3 aromatic rings. The Labute approximate surface area is 184 Å². The van der Waals surface area contributed by atoms with Crippen LogP contribution in [0.25, 0.3) is 5.69 Å². The van der Waals surface area contributed by atoms with Crippen molar-refractivity contribution in [1.29, 1.82) is 0 Å². The highest BCUT2D eigenvalue weighted by Gasteiger charge is 2.40. The van der Waals surface area contributed by atoms with Gasteiger partial charge in [-0.3, -0.25) is 4.79 Å². The number of aromatic nitrogens is 2. The third kappa shape index (κ3) is 4.54. The standard InChI is InChI=1S/C21H20ClFN4O3S/c1-26-20(21(28)10-14-5-6-18(23)17(22)9-14)12-19(25-31(26,29)30)15-3-2-4-16(11-15)27-8-7-24-13-27/h2-9,11,13,19-20,25H,10,12H2,1H3/t19-,20+/m0/s1. The second kappa shape index (κ2) is 8.51. The Hall–Kier alpha value is -2.59. The number of Topliss-reactive ketones (excluding diaryl/α,β-unsaturated/α-hetero) is 1. The van der Waals surface area contributed by atoms with Gasteiger partial charge in [0.2, 0.25) is 0 Å². The average molecular weight is 463 g/mol. The lowest BCUT2D eigenvalue weighted by Crippen LogP contribution is -2.55. The van der Waals surface area contributed by atoms with E-state index in [1.54, 1.807) is 18.7 Å². The van der Waals surface area contributed by atoms with Gasteiger partial charge in [-0.25, -0.2) is 9.37 Å². The van der Waals surface area contributed by atoms with E-state index in [-0.39, 0.29) is 23.6 Å². The molecular formula is C21H20ClFN4O3S. The summed E-state index contributed by atoms with van der Waals surface area (Å²) in [6.45, 7) is 0. The first-order valence-electron chi connectivity index (χ1n) is 9.55. The average Bonchev–Trinajstić information content (AvgIpc) is 3.27. The SMILES string of the molecule is CN1[C@@H](C(=O)Cc2ccc(F)c(Cl)c2)C[C@@H](c2cccc(-n3ccnc3)c2)NS1(=O)=O. The number of carbonyl (C=O) groups is 1. The van der Waals surface area contributed by atoms with Crippen LogP contribution in [-0.2, 0) is 21.4 Å². The summed E-state index contributed by atoms with van der Waals surface area (Å²) in [7, 11) is -2.49. The number of benzene rings is 2. The topological polar surface area (TPSA) is 84.3 Å². The molecule has 0 aliphatic carbocycles. The van der Waals surface area contributed by atoms with Gasteiger partial charge in [-0.1, -0.05) is 29.8 Å². The Morgan fingerprint density at radius 1 is 1.29 bits per heavy atom. The summed E-state index contributed by atoms with van der Waals surface area (Å²) in [4.78, 5) is 17.0. The largest absolute Gasteiger partial charge is 0.306 e. The molecule has 0 unspecified atom stereocenters. The molecule has 1 aromatic heterocycles. The summed E-state index contributed by atoms with van der Waals surface area (Å²) in [5, 5.41) is -0.0780. The zero-order valence-electron chi connectivity index (χ0n) is 16.6. The highest BCUT2D eigenvalue weighted by Crippen LogP contribution is 2.30. The van der Waals surface area contributed by atoms with Crippen LogP contribution in [0.3, 0.4) is 0 Å². The Bertz CT molecular complexity index is 1220. The molecule has 0 spiro atoms. The van der Waals surface area contributed by atoms with Gasteiger partial charge in [-0.05, 0) is 41.8 Å². The maximum atomic E-state index is 13.4. The van der Waals surface area contributed by atoms with E-state index >= 15 is 0 Å². The number of hydrogen-bond acceptors (Lipinski definition) is 4. The summed E-state index contributed by atoms with van der Waals surface area (Å²) in [5.74, 6) is -0.858. The maximum absolute atomic E-state index is 13.4. The van der Waals surface area contributed by atoms with E-state index in [0.717, 1.165) is 15.6 Å². The molecule has 1 fully saturated rings. The van der Waals surface area contributed by atoms with Crippen molar-refractivity contribution in [1.82, 2.24) is 18.6 Å². The first-order valence-corrected chi connectivity index (χ1v) is 11.4. The number of hydrogen-bond donors (Lipinski definition) is 1. The molecule has 2 aromatic carbocycles. The fourth-order valence-electron chi connectivity index (χ4n) is 3.67. The minimum Gasteiger partial charge on any atom is -0.306 e. The zero-order valence-corrected chi connectivity index (χ0v) is 18.1. The molecule has 1 N–H and O–H groups in total. The number of rotatable bonds is 5. The molecule has 0 bridgehead atoms. The van der Waals surface area contributed by atoms with Crippen LogP contribution in [-0.4, -0.2) is 41.1 Å². The lowest BCUT2D eigenvalue weighted by atomic mass is 9.94. The fourth-order valence-corrected chi connectivity index (χ4v) is 5.17. The second-order valence-corrected chi connectivity index (χ2v) is 9.57. The number of imidazole rings is 1. The molecule has 4 rings (SSSR count). The van der Waals surface area contributed by atoms with Crippen LogP contribution in [0.5, 0.6) is 0 Å². The van der Waals surface area contributed by atoms with Crippen molar-refractivity contribution in [2.75, 3.05) is 7.05 Å². The van der Waals surface area contributed by atoms with Crippen molar-refractivity contribution in [3.63, 3.8) is 0 Å². The molecule has 0 radical (unpaired) electrons. The Morgan fingerprint density at radius 3 is 2.81 bits per heavy atom. The number of nitrogens with one attached hydrogen (secondary N) is 1. The van der Waals surface area contributed by atoms with Gasteiger partial charge in [0.25, 0.3) is 10.2 Å². The normalized spacial score (nSPS) is 21.1. The van der Waals surface area contributed by atoms with E-state index < -0.39 is 28.1 Å². The van der Waals surface area contributed by atoms with E-state index in [4.69, 9.17) is 11.6 Å². The van der Waals surface area contributed by atoms with Gasteiger partial charge in [0, 0.05) is 37.6 Å². The number of nitrogens with zero attached hydrogens (tertiary/aromatic N) is 3. The van der Waals surface area contributed by atoms with E-state index in [9.17, 15) is 17.6 Å². The van der Waals surface area contributed by atoms with Gasteiger partial charge in [0.1, 0.15) is 5.82 Å². The number of carbonyl (C=O) groups excluding carboxylic acids is 1. The minimum atomic E-state index is -3.87. The monoisotopic (exact) mass is 462 g/mol. The van der Waals surface area contributed by atoms with Crippen LogP contribution in [0.4, 0.5) is 4.39 Å². The minimum absolute atomic E-state index is 0.0493. The number of likely N-dealkylation sites (N-methyl/N-ethyl adjacent to an activating group) is 1. The third-order valence-corrected chi connectivity index (χ3v) is 7.26. The quantitative estimate of drug-likeness (QED) is 0.631. The summed E-state index contributed by atoms with van der Waals surface area (Å²) in [6.07, 6.45) is 5.31. The molecule has 1 saturated heterocycles. The van der Waals surface area contributed by atoms with Crippen LogP contribution in [0.15, 0.2) is 61.2 Å². The van der Waals surface area contributed by atoms with Gasteiger partial charge in [-0.2, -0.15) is 17.4 Å². The van der Waals surface area contributed by atoms with E-state index in [0.29, 0.717) is 5.56 Å². The van der Waals surface area contributed by atoms with Crippen LogP contribution in [0.1, 0.15) is 23.6 Å². The molecule has 162 valence electrons. The van der Waals surface area contributed by atoms with Gasteiger partial charge < -0.3 is 4.57 Å². The predicted molar refractivity (Wildman–Crippen MR) is 115 cm³/mol. The Morgan fingerprint density at radius 2 is 2.10 bits per heavy atom. The third-order valence-electron chi connectivity index (χ3n) is 5.38. The Balaban J connectivity index is 1.60. The van der Waals surface area contributed by atoms with Crippen molar-refractivity contribution in [2.24, 2.45) is 0 Å². The van der Waals surface area contributed by atoms with E-state index in [1.165, 1.54) is 25.2 Å². The van der Waals surface area contributed by atoms with Gasteiger partial charge in [0.05, 0.1) is 17.4 Å². The molecule has 1 aliphatic heterocycles. The fraction of sp³-hybridized carbons (Fsp3) is 0.238. The first kappa shape index (κ1) is 21.6. The lowest BCUT2D eigenvalue weighted by molar-refractivity contribution is -0.122. The molecule has 1 aliphatic rings. The molecule has 31 heavy (non-hydrogen) atoms. The summed E-state index contributed by atoms with van der Waals surface area (Å²) < 4.78 is 44.4. The predicted octanol–water partition coefficient (Wildman–Crippen LogP) is 3.06. The van der Waals surface area contributed by atoms with Crippen LogP contribution in [0.2, 0.25) is 5.02 Å². The van der Waals surface area contributed by atoms with Crippen molar-refractivity contribution >= 4 is 27.6 Å². The lowest BCUT2D eigenvalue weighted by Gasteiger charge is -2.36. The summed E-state index contributed by atoms with van der Waals surface area (Å²) in [6, 6.07) is 10.0. The molecular weight excluding hydrogens is 443 g/mol. The molecule has 2 heterocycles. The van der Waals surface area contributed by atoms with E-state index in [1.807, 2.05) is 28.8 Å². The molecule has 10 heteroatoms. The van der Waals surface area contributed by atoms with Crippen molar-refractivity contribution in [3.05, 3.63) is 83.2 Å². The second-order valence-electron chi connectivity index (χ2n) is 7.40. The van der Waals surface area contributed by atoms with Crippen LogP contribution in [0, 0.1) is 5.82 Å². The van der Waals surface area contributed by atoms with Crippen molar-refractivity contribution in [2.45, 2.75) is 24.9 Å². The highest BCUT2D eigenvalue weighted by atomic mass is 35.5.